The molecule has 0 fully saturated rings. The Hall–Kier alpha value is -3.06. The first-order valence-corrected chi connectivity index (χ1v) is 8.05. The van der Waals surface area contributed by atoms with E-state index in [9.17, 15) is 9.59 Å². The first-order chi connectivity index (χ1) is 12.6. The van der Waals surface area contributed by atoms with Crippen molar-refractivity contribution >= 4 is 35.4 Å². The van der Waals surface area contributed by atoms with Crippen LogP contribution < -0.4 is 15.5 Å². The monoisotopic (exact) mass is 375 g/mol. The quantitative estimate of drug-likeness (QED) is 0.420. The third-order valence-electron chi connectivity index (χ3n) is 3.16. The summed E-state index contributed by atoms with van der Waals surface area (Å²) in [5, 5.41) is 7.47. The van der Waals surface area contributed by atoms with Crippen LogP contribution in [0.2, 0.25) is 5.02 Å². The number of carbonyl (C=O) groups is 2. The molecule has 0 aromatic heterocycles. The Morgan fingerprint density at radius 3 is 2.46 bits per heavy atom. The van der Waals surface area contributed by atoms with E-state index in [0.717, 1.165) is 11.3 Å². The maximum absolute atomic E-state index is 11.7. The van der Waals surface area contributed by atoms with Gasteiger partial charge < -0.3 is 14.8 Å². The number of rotatable bonds is 8. The zero-order valence-corrected chi connectivity index (χ0v) is 14.8. The molecule has 2 rings (SSSR count). The number of esters is 1. The van der Waals surface area contributed by atoms with Crippen molar-refractivity contribution in [2.75, 3.05) is 25.6 Å². The number of hydrogen-bond acceptors (Lipinski definition) is 6. The van der Waals surface area contributed by atoms with Crippen LogP contribution in [0.1, 0.15) is 5.56 Å². The summed E-state index contributed by atoms with van der Waals surface area (Å²) < 4.78 is 9.72. The van der Waals surface area contributed by atoms with E-state index in [-0.39, 0.29) is 19.1 Å². The lowest BCUT2D eigenvalue weighted by atomic mass is 10.2. The molecule has 2 aromatic carbocycles. The van der Waals surface area contributed by atoms with Gasteiger partial charge in [-0.3, -0.25) is 4.79 Å². The van der Waals surface area contributed by atoms with E-state index < -0.39 is 5.97 Å². The lowest BCUT2D eigenvalue weighted by Crippen LogP contribution is -2.25. The summed E-state index contributed by atoms with van der Waals surface area (Å²) >= 11 is 5.79. The molecule has 0 radical (unpaired) electrons. The number of carbonyl (C=O) groups excluding carboxylic acids is 2. The van der Waals surface area contributed by atoms with Crippen LogP contribution in [-0.2, 0) is 14.3 Å². The lowest BCUT2D eigenvalue weighted by Gasteiger charge is -2.05. The third kappa shape index (κ3) is 6.82. The fraction of sp³-hybridized carbons (Fsp3) is 0.167. The van der Waals surface area contributed by atoms with Gasteiger partial charge in [0.15, 0.2) is 6.61 Å². The third-order valence-corrected chi connectivity index (χ3v) is 3.42. The molecule has 0 unspecified atom stereocenters. The molecule has 136 valence electrons. The molecule has 0 saturated carbocycles. The van der Waals surface area contributed by atoms with Crippen LogP contribution in [0.3, 0.4) is 0 Å². The molecule has 0 aliphatic rings. The number of amides is 1. The fourth-order valence-electron chi connectivity index (χ4n) is 1.82. The zero-order chi connectivity index (χ0) is 18.8. The van der Waals surface area contributed by atoms with E-state index in [1.807, 2.05) is 0 Å². The van der Waals surface area contributed by atoms with E-state index in [4.69, 9.17) is 16.3 Å². The molecule has 0 saturated heterocycles. The van der Waals surface area contributed by atoms with E-state index >= 15 is 0 Å². The summed E-state index contributed by atoms with van der Waals surface area (Å²) in [7, 11) is 1.30. The van der Waals surface area contributed by atoms with Gasteiger partial charge in [0.1, 0.15) is 5.75 Å². The zero-order valence-electron chi connectivity index (χ0n) is 14.1. The lowest BCUT2D eigenvalue weighted by molar-refractivity contribution is -0.142. The highest BCUT2D eigenvalue weighted by Gasteiger charge is 2.02. The highest BCUT2D eigenvalue weighted by Crippen LogP contribution is 2.13. The molecule has 7 nitrogen and oxygen atoms in total. The van der Waals surface area contributed by atoms with Crippen LogP contribution in [0.4, 0.5) is 5.69 Å². The van der Waals surface area contributed by atoms with Crippen molar-refractivity contribution in [2.45, 2.75) is 0 Å². The molecule has 0 bridgehead atoms. The number of hydrazone groups is 1. The maximum atomic E-state index is 11.7. The van der Waals surface area contributed by atoms with E-state index in [1.54, 1.807) is 48.5 Å². The highest BCUT2D eigenvalue weighted by atomic mass is 35.5. The number of nitrogens with one attached hydrogen (secondary N) is 2. The molecular formula is C18H18ClN3O4. The molecule has 2 N–H and O–H groups in total. The summed E-state index contributed by atoms with van der Waals surface area (Å²) in [6, 6.07) is 13.9. The second-order valence-corrected chi connectivity index (χ2v) is 5.52. The van der Waals surface area contributed by atoms with Crippen LogP contribution in [-0.4, -0.2) is 38.4 Å². The van der Waals surface area contributed by atoms with Crippen LogP contribution in [0.15, 0.2) is 53.6 Å². The number of benzene rings is 2. The van der Waals surface area contributed by atoms with Crippen LogP contribution in [0, 0.1) is 0 Å². The Kier molecular flexibility index (Phi) is 7.45. The number of ether oxygens (including phenoxy) is 2. The predicted octanol–water partition coefficient (Wildman–Crippen LogP) is 2.45. The predicted molar refractivity (Wildman–Crippen MR) is 99.6 cm³/mol. The molecule has 26 heavy (non-hydrogen) atoms. The molecule has 0 aliphatic carbocycles. The summed E-state index contributed by atoms with van der Waals surface area (Å²) in [5.74, 6) is -0.205. The van der Waals surface area contributed by atoms with E-state index in [1.165, 1.54) is 13.3 Å². The van der Waals surface area contributed by atoms with Gasteiger partial charge in [0.25, 0.3) is 5.91 Å². The first-order valence-electron chi connectivity index (χ1n) is 7.68. The summed E-state index contributed by atoms with van der Waals surface area (Å²) in [6.45, 7) is -0.0696. The molecule has 2 aromatic rings. The van der Waals surface area contributed by atoms with Gasteiger partial charge in [-0.1, -0.05) is 11.6 Å². The van der Waals surface area contributed by atoms with Gasteiger partial charge in [-0.05, 0) is 54.1 Å². The number of hydrogen-bond donors (Lipinski definition) is 2. The van der Waals surface area contributed by atoms with E-state index in [2.05, 4.69) is 20.6 Å². The smallest absolute Gasteiger partial charge is 0.343 e. The number of anilines is 1. The number of nitrogens with zero attached hydrogens (tertiary/aromatic N) is 1. The number of halogens is 1. The highest BCUT2D eigenvalue weighted by molar-refractivity contribution is 6.30. The molecule has 0 atom stereocenters. The van der Waals surface area contributed by atoms with Crippen LogP contribution in [0.5, 0.6) is 5.75 Å². The van der Waals surface area contributed by atoms with Crippen LogP contribution >= 0.6 is 11.6 Å². The van der Waals surface area contributed by atoms with Gasteiger partial charge in [0, 0.05) is 10.7 Å². The standard InChI is InChI=1S/C18H18ClN3O4/c1-25-18(24)12-26-16-8-2-13(3-9-16)10-21-22-17(23)11-20-15-6-4-14(19)5-7-15/h2-10,20H,11-12H2,1H3,(H,22,23)/b21-10-. The Balaban J connectivity index is 1.74. The van der Waals surface area contributed by atoms with Gasteiger partial charge >= 0.3 is 5.97 Å². The minimum absolute atomic E-state index is 0.0826. The average Bonchev–Trinajstić information content (AvgIpc) is 2.66. The van der Waals surface area contributed by atoms with Crippen LogP contribution in [0.25, 0.3) is 0 Å². The Morgan fingerprint density at radius 1 is 1.12 bits per heavy atom. The topological polar surface area (TPSA) is 89.0 Å². The van der Waals surface area contributed by atoms with Crippen molar-refractivity contribution in [3.05, 3.63) is 59.1 Å². The molecule has 0 heterocycles. The fourth-order valence-corrected chi connectivity index (χ4v) is 1.95. The Morgan fingerprint density at radius 2 is 1.81 bits per heavy atom. The second kappa shape index (κ2) is 10.0. The molecular weight excluding hydrogens is 358 g/mol. The van der Waals surface area contributed by atoms with Crippen molar-refractivity contribution in [1.29, 1.82) is 0 Å². The van der Waals surface area contributed by atoms with Crippen molar-refractivity contribution in [3.63, 3.8) is 0 Å². The molecule has 1 amide bonds. The summed E-state index contributed by atoms with van der Waals surface area (Å²) in [6.07, 6.45) is 1.50. The van der Waals surface area contributed by atoms with Crippen molar-refractivity contribution in [2.24, 2.45) is 5.10 Å². The van der Waals surface area contributed by atoms with Gasteiger partial charge in [-0.25, -0.2) is 10.2 Å². The normalized spacial score (nSPS) is 10.4. The van der Waals surface area contributed by atoms with E-state index in [0.29, 0.717) is 10.8 Å². The molecule has 8 heteroatoms. The van der Waals surface area contributed by atoms with Crippen molar-refractivity contribution < 1.29 is 19.1 Å². The van der Waals surface area contributed by atoms with Gasteiger partial charge in [-0.2, -0.15) is 5.10 Å². The molecule has 0 spiro atoms. The van der Waals surface area contributed by atoms with Gasteiger partial charge in [0.2, 0.25) is 0 Å². The van der Waals surface area contributed by atoms with Gasteiger partial charge in [0.05, 0.1) is 19.9 Å². The summed E-state index contributed by atoms with van der Waals surface area (Å²) in [4.78, 5) is 22.7. The maximum Gasteiger partial charge on any atom is 0.343 e. The Labute approximate surface area is 155 Å². The minimum Gasteiger partial charge on any atom is -0.482 e. The second-order valence-electron chi connectivity index (χ2n) is 5.09. The van der Waals surface area contributed by atoms with Crippen molar-refractivity contribution in [1.82, 2.24) is 5.43 Å². The van der Waals surface area contributed by atoms with Gasteiger partial charge in [-0.15, -0.1) is 0 Å². The molecule has 0 aliphatic heterocycles. The number of methoxy groups -OCH3 is 1. The Bertz CT molecular complexity index is 761. The average molecular weight is 376 g/mol. The van der Waals surface area contributed by atoms with Crippen molar-refractivity contribution in [3.8, 4) is 5.75 Å². The first kappa shape index (κ1) is 19.3. The SMILES string of the molecule is COC(=O)COc1ccc(/C=N\NC(=O)CNc2ccc(Cl)cc2)cc1. The summed E-state index contributed by atoms with van der Waals surface area (Å²) in [5.41, 5.74) is 3.98. The minimum atomic E-state index is -0.453. The largest absolute Gasteiger partial charge is 0.482 e.